The van der Waals surface area contributed by atoms with Gasteiger partial charge in [-0.1, -0.05) is 32.0 Å². The molecule has 7 nitrogen and oxygen atoms in total. The van der Waals surface area contributed by atoms with Gasteiger partial charge in [-0.15, -0.1) is 0 Å². The molecule has 0 saturated carbocycles. The smallest absolute Gasteiger partial charge is 0.328 e. The summed E-state index contributed by atoms with van der Waals surface area (Å²) >= 11 is 0. The monoisotopic (exact) mass is 362 g/mol. The Morgan fingerprint density at radius 1 is 1.23 bits per heavy atom. The Morgan fingerprint density at radius 3 is 2.58 bits per heavy atom. The van der Waals surface area contributed by atoms with E-state index in [1.54, 1.807) is 6.07 Å². The van der Waals surface area contributed by atoms with Crippen molar-refractivity contribution in [3.05, 3.63) is 68.2 Å². The van der Waals surface area contributed by atoms with Crippen LogP contribution in [-0.2, 0) is 6.54 Å². The van der Waals surface area contributed by atoms with Gasteiger partial charge < -0.3 is 15.2 Å². The second-order valence-corrected chi connectivity index (χ2v) is 5.77. The average molecular weight is 362 g/mol. The number of amides is 1. The third kappa shape index (κ3) is 4.66. The van der Waals surface area contributed by atoms with E-state index in [4.69, 9.17) is 0 Å². The number of hydrogen-bond donors (Lipinski definition) is 2. The van der Waals surface area contributed by atoms with Crippen LogP contribution in [0.3, 0.4) is 0 Å². The summed E-state index contributed by atoms with van der Waals surface area (Å²) in [5.74, 6) is -1.09. The van der Waals surface area contributed by atoms with Crippen LogP contribution in [0, 0.1) is 5.82 Å². The van der Waals surface area contributed by atoms with E-state index in [2.05, 4.69) is 15.2 Å². The van der Waals surface area contributed by atoms with Gasteiger partial charge >= 0.3 is 5.69 Å². The summed E-state index contributed by atoms with van der Waals surface area (Å²) in [4.78, 5) is 41.2. The highest BCUT2D eigenvalue weighted by atomic mass is 19.1. The van der Waals surface area contributed by atoms with Crippen molar-refractivity contribution in [1.82, 2.24) is 19.8 Å². The van der Waals surface area contributed by atoms with Crippen LogP contribution in [0.2, 0.25) is 0 Å². The zero-order valence-corrected chi connectivity index (χ0v) is 14.9. The minimum atomic E-state index is -0.752. The fourth-order valence-corrected chi connectivity index (χ4v) is 2.58. The third-order valence-electron chi connectivity index (χ3n) is 4.20. The zero-order chi connectivity index (χ0) is 19.1. The van der Waals surface area contributed by atoms with Crippen molar-refractivity contribution < 1.29 is 9.18 Å². The van der Waals surface area contributed by atoms with Crippen LogP contribution in [-0.4, -0.2) is 46.5 Å². The molecule has 0 saturated heterocycles. The van der Waals surface area contributed by atoms with Crippen molar-refractivity contribution in [2.24, 2.45) is 0 Å². The van der Waals surface area contributed by atoms with Crippen LogP contribution >= 0.6 is 0 Å². The molecule has 0 aliphatic carbocycles. The number of rotatable bonds is 8. The summed E-state index contributed by atoms with van der Waals surface area (Å²) in [7, 11) is 0. The van der Waals surface area contributed by atoms with E-state index >= 15 is 0 Å². The van der Waals surface area contributed by atoms with Gasteiger partial charge in [0.2, 0.25) is 0 Å². The van der Waals surface area contributed by atoms with Crippen LogP contribution in [0.15, 0.2) is 40.1 Å². The molecular formula is C18H23FN4O3. The van der Waals surface area contributed by atoms with Gasteiger partial charge in [-0.2, -0.15) is 0 Å². The second-order valence-electron chi connectivity index (χ2n) is 5.77. The summed E-state index contributed by atoms with van der Waals surface area (Å²) in [6.07, 6.45) is 1.09. The highest BCUT2D eigenvalue weighted by Crippen LogP contribution is 2.06. The number of H-pyrrole nitrogens is 1. The minimum Gasteiger partial charge on any atom is -0.351 e. The highest BCUT2D eigenvalue weighted by Gasteiger charge is 2.15. The number of halogens is 1. The summed E-state index contributed by atoms with van der Waals surface area (Å²) < 4.78 is 14.6. The topological polar surface area (TPSA) is 87.2 Å². The Kier molecular flexibility index (Phi) is 6.85. The Morgan fingerprint density at radius 2 is 1.92 bits per heavy atom. The lowest BCUT2D eigenvalue weighted by atomic mass is 10.2. The molecule has 1 aromatic heterocycles. The molecule has 0 fully saturated rings. The predicted molar refractivity (Wildman–Crippen MR) is 96.9 cm³/mol. The van der Waals surface area contributed by atoms with Crippen molar-refractivity contribution in [2.75, 3.05) is 26.2 Å². The number of nitrogens with one attached hydrogen (secondary N) is 2. The molecule has 0 unspecified atom stereocenters. The van der Waals surface area contributed by atoms with Crippen LogP contribution in [0.5, 0.6) is 0 Å². The van der Waals surface area contributed by atoms with E-state index in [1.165, 1.54) is 18.2 Å². The molecule has 140 valence electrons. The molecule has 0 spiro atoms. The second kappa shape index (κ2) is 9.10. The van der Waals surface area contributed by atoms with Crippen molar-refractivity contribution in [2.45, 2.75) is 20.4 Å². The number of likely N-dealkylation sites (N-methyl/N-ethyl adjacent to an activating group) is 1. The number of carbonyl (C=O) groups is 1. The van der Waals surface area contributed by atoms with Crippen LogP contribution < -0.4 is 16.6 Å². The number of hydrogen-bond acceptors (Lipinski definition) is 4. The molecule has 0 atom stereocenters. The zero-order valence-electron chi connectivity index (χ0n) is 14.9. The van der Waals surface area contributed by atoms with Gasteiger partial charge in [0.1, 0.15) is 11.4 Å². The van der Waals surface area contributed by atoms with Gasteiger partial charge in [0.15, 0.2) is 0 Å². The normalized spacial score (nSPS) is 10.9. The van der Waals surface area contributed by atoms with Gasteiger partial charge in [-0.25, -0.2) is 9.18 Å². The number of carbonyl (C=O) groups excluding carboxylic acids is 1. The molecule has 1 amide bonds. The molecule has 2 N–H and O–H groups in total. The predicted octanol–water partition coefficient (Wildman–Crippen LogP) is 0.796. The maximum atomic E-state index is 13.8. The first-order valence-corrected chi connectivity index (χ1v) is 8.54. The van der Waals surface area contributed by atoms with Crippen LogP contribution in [0.4, 0.5) is 4.39 Å². The first kappa shape index (κ1) is 19.6. The molecule has 1 heterocycles. The SMILES string of the molecule is CCN(CC)CCNC(=O)c1c[nH]c(=O)n(Cc2ccccc2F)c1=O. The van der Waals surface area contributed by atoms with Gasteiger partial charge in [0.25, 0.3) is 11.5 Å². The molecule has 2 aromatic rings. The molecule has 1 aromatic carbocycles. The summed E-state index contributed by atoms with van der Waals surface area (Å²) in [5, 5.41) is 2.67. The fraction of sp³-hybridized carbons (Fsp3) is 0.389. The lowest BCUT2D eigenvalue weighted by Crippen LogP contribution is -2.42. The first-order valence-electron chi connectivity index (χ1n) is 8.54. The largest absolute Gasteiger partial charge is 0.351 e. The standard InChI is InChI=1S/C18H23FN4O3/c1-3-22(4-2)10-9-20-16(24)14-11-21-18(26)23(17(14)25)12-13-7-5-6-8-15(13)19/h5-8,11H,3-4,9-10,12H2,1-2H3,(H,20,24)(H,21,26). The number of benzene rings is 1. The van der Waals surface area contributed by atoms with E-state index in [0.29, 0.717) is 13.1 Å². The van der Waals surface area contributed by atoms with Crippen LogP contribution in [0.25, 0.3) is 0 Å². The van der Waals surface area contributed by atoms with Gasteiger partial charge in [-0.3, -0.25) is 14.2 Å². The number of aromatic amines is 1. The number of aromatic nitrogens is 2. The van der Waals surface area contributed by atoms with E-state index in [9.17, 15) is 18.8 Å². The summed E-state index contributed by atoms with van der Waals surface area (Å²) in [5.41, 5.74) is -1.44. The maximum Gasteiger partial charge on any atom is 0.328 e. The fourth-order valence-electron chi connectivity index (χ4n) is 2.58. The molecule has 0 radical (unpaired) electrons. The van der Waals surface area contributed by atoms with Crippen molar-refractivity contribution in [3.63, 3.8) is 0 Å². The highest BCUT2D eigenvalue weighted by molar-refractivity contribution is 5.93. The summed E-state index contributed by atoms with van der Waals surface area (Å²) in [6, 6.07) is 5.86. The van der Waals surface area contributed by atoms with Crippen LogP contribution in [0.1, 0.15) is 29.8 Å². The Balaban J connectivity index is 2.18. The summed E-state index contributed by atoms with van der Waals surface area (Å²) in [6.45, 7) is 6.56. The van der Waals surface area contributed by atoms with Crippen molar-refractivity contribution in [1.29, 1.82) is 0 Å². The molecule has 0 aliphatic rings. The molecule has 0 bridgehead atoms. The van der Waals surface area contributed by atoms with Crippen molar-refractivity contribution in [3.8, 4) is 0 Å². The number of nitrogens with zero attached hydrogens (tertiary/aromatic N) is 2. The molecule has 8 heteroatoms. The molecule has 2 rings (SSSR count). The Bertz CT molecular complexity index is 871. The minimum absolute atomic E-state index is 0.180. The lowest BCUT2D eigenvalue weighted by molar-refractivity contribution is 0.0946. The third-order valence-corrected chi connectivity index (χ3v) is 4.20. The van der Waals surface area contributed by atoms with Gasteiger partial charge in [0, 0.05) is 24.8 Å². The van der Waals surface area contributed by atoms with E-state index in [1.807, 2.05) is 13.8 Å². The molecular weight excluding hydrogens is 339 g/mol. The molecule has 26 heavy (non-hydrogen) atoms. The first-order chi connectivity index (χ1) is 12.5. The van der Waals surface area contributed by atoms with Crippen molar-refractivity contribution >= 4 is 5.91 Å². The molecule has 0 aliphatic heterocycles. The Labute approximate surface area is 150 Å². The van der Waals surface area contributed by atoms with E-state index < -0.39 is 23.0 Å². The lowest BCUT2D eigenvalue weighted by Gasteiger charge is -2.17. The maximum absolute atomic E-state index is 13.8. The van der Waals surface area contributed by atoms with E-state index in [-0.39, 0.29) is 17.7 Å². The van der Waals surface area contributed by atoms with Gasteiger partial charge in [-0.05, 0) is 19.2 Å². The quantitative estimate of drug-likeness (QED) is 0.727. The van der Waals surface area contributed by atoms with E-state index in [0.717, 1.165) is 23.9 Å². The van der Waals surface area contributed by atoms with Gasteiger partial charge in [0.05, 0.1) is 6.54 Å². The Hall–Kier alpha value is -2.74. The average Bonchev–Trinajstić information content (AvgIpc) is 2.63.